The quantitative estimate of drug-likeness (QED) is 0.430. The van der Waals surface area contributed by atoms with Gasteiger partial charge in [-0.05, 0) is 13.5 Å². The van der Waals surface area contributed by atoms with Crippen molar-refractivity contribution in [2.24, 2.45) is 0 Å². The van der Waals surface area contributed by atoms with Gasteiger partial charge in [0.2, 0.25) is 0 Å². The van der Waals surface area contributed by atoms with Crippen molar-refractivity contribution in [2.45, 2.75) is 26.2 Å². The molecule has 3 radical (unpaired) electrons. The van der Waals surface area contributed by atoms with Gasteiger partial charge in [-0.1, -0.05) is 31.7 Å². The Labute approximate surface area is 62.9 Å². The number of hydrogen-bond acceptors (Lipinski definition) is 2. The summed E-state index contributed by atoms with van der Waals surface area (Å²) in [7, 11) is 1.95. The van der Waals surface area contributed by atoms with E-state index in [0.717, 1.165) is 18.5 Å². The molecule has 0 aliphatic rings. The van der Waals surface area contributed by atoms with Gasteiger partial charge in [-0.2, -0.15) is 0 Å². The molecule has 0 aromatic carbocycles. The molecule has 9 heavy (non-hydrogen) atoms. The van der Waals surface area contributed by atoms with Crippen LogP contribution in [0, 0.1) is 6.26 Å². The van der Waals surface area contributed by atoms with Gasteiger partial charge < -0.3 is 0 Å². The van der Waals surface area contributed by atoms with E-state index in [9.17, 15) is 0 Å². The van der Waals surface area contributed by atoms with Crippen molar-refractivity contribution in [1.82, 2.24) is 4.31 Å². The fourth-order valence-electron chi connectivity index (χ4n) is 0.630. The first-order valence-electron chi connectivity index (χ1n) is 3.36. The molecule has 1 nitrogen and oxygen atoms in total. The molecule has 0 rings (SSSR count). The Morgan fingerprint density at radius 3 is 2.56 bits per heavy atom. The van der Waals surface area contributed by atoms with Crippen LogP contribution in [0.4, 0.5) is 0 Å². The van der Waals surface area contributed by atoms with Gasteiger partial charge >= 0.3 is 0 Å². The Balaban J connectivity index is 2.88. The van der Waals surface area contributed by atoms with E-state index in [-0.39, 0.29) is 0 Å². The zero-order valence-corrected chi connectivity index (χ0v) is 7.00. The first-order chi connectivity index (χ1) is 4.31. The van der Waals surface area contributed by atoms with Gasteiger partial charge in [-0.15, -0.1) is 0 Å². The van der Waals surface area contributed by atoms with Crippen LogP contribution in [0.1, 0.15) is 26.2 Å². The summed E-state index contributed by atoms with van der Waals surface area (Å²) >= 11 is 1.06. The van der Waals surface area contributed by atoms with Crippen LogP contribution in [-0.4, -0.2) is 17.9 Å². The zero-order valence-electron chi connectivity index (χ0n) is 6.18. The molecular formula is C7H14NS. The normalized spacial score (nSPS) is 10.7. The second kappa shape index (κ2) is 6.43. The average molecular weight is 144 g/mol. The number of rotatable bonds is 5. The molecule has 0 saturated heterocycles. The lowest BCUT2D eigenvalue weighted by atomic mass is 10.2. The molecule has 0 aromatic rings. The second-order valence-electron chi connectivity index (χ2n) is 2.15. The molecule has 0 aromatic heterocycles. The summed E-state index contributed by atoms with van der Waals surface area (Å²) in [6.45, 7) is 3.23. The highest BCUT2D eigenvalue weighted by Gasteiger charge is 1.92. The number of hydrogen-bond donors (Lipinski definition) is 0. The summed E-state index contributed by atoms with van der Waals surface area (Å²) in [5.41, 5.74) is 0. The minimum absolute atomic E-state index is 1.04. The van der Waals surface area contributed by atoms with Crippen LogP contribution in [-0.2, 0) is 0 Å². The second-order valence-corrected chi connectivity index (χ2v) is 2.96. The maximum absolute atomic E-state index is 6.89. The summed E-state index contributed by atoms with van der Waals surface area (Å²) < 4.78 is 1.94. The Kier molecular flexibility index (Phi) is 6.65. The lowest BCUT2D eigenvalue weighted by molar-refractivity contribution is 0.527. The van der Waals surface area contributed by atoms with E-state index in [1.807, 2.05) is 11.4 Å². The molecule has 0 amide bonds. The molecule has 0 heterocycles. The van der Waals surface area contributed by atoms with Gasteiger partial charge in [-0.3, -0.25) is 4.31 Å². The molecule has 0 spiro atoms. The van der Waals surface area contributed by atoms with E-state index in [0.29, 0.717) is 0 Å². The summed E-state index contributed by atoms with van der Waals surface area (Å²) in [4.78, 5) is 0. The maximum atomic E-state index is 6.89. The highest BCUT2D eigenvalue weighted by Crippen LogP contribution is 2.05. The highest BCUT2D eigenvalue weighted by molar-refractivity contribution is 7.98. The van der Waals surface area contributed by atoms with Crippen LogP contribution in [0.25, 0.3) is 0 Å². The van der Waals surface area contributed by atoms with Crippen LogP contribution in [0.15, 0.2) is 0 Å². The van der Waals surface area contributed by atoms with Gasteiger partial charge in [0, 0.05) is 6.54 Å². The van der Waals surface area contributed by atoms with E-state index in [4.69, 9.17) is 6.26 Å². The SMILES string of the molecule is [C]SN(C)CCCCC. The first kappa shape index (κ1) is 9.31. The van der Waals surface area contributed by atoms with E-state index < -0.39 is 0 Å². The summed E-state index contributed by atoms with van der Waals surface area (Å²) in [5, 5.41) is 0. The molecule has 0 N–H and O–H groups in total. The zero-order chi connectivity index (χ0) is 7.11. The predicted molar refractivity (Wildman–Crippen MR) is 43.0 cm³/mol. The van der Waals surface area contributed by atoms with Crippen molar-refractivity contribution in [2.75, 3.05) is 13.6 Å². The van der Waals surface area contributed by atoms with Gasteiger partial charge in [0.25, 0.3) is 0 Å². The maximum Gasteiger partial charge on any atom is 0.0874 e. The van der Waals surface area contributed by atoms with Crippen molar-refractivity contribution in [1.29, 1.82) is 0 Å². The lowest BCUT2D eigenvalue weighted by Gasteiger charge is -2.10. The molecule has 0 aliphatic carbocycles. The Morgan fingerprint density at radius 2 is 2.11 bits per heavy atom. The average Bonchev–Trinajstić information content (AvgIpc) is 1.89. The van der Waals surface area contributed by atoms with E-state index in [2.05, 4.69) is 6.92 Å². The molecule has 0 unspecified atom stereocenters. The first-order valence-corrected chi connectivity index (χ1v) is 4.13. The smallest absolute Gasteiger partial charge is 0.0874 e. The summed E-state index contributed by atoms with van der Waals surface area (Å²) in [6, 6.07) is 0. The molecule has 0 fully saturated rings. The minimum atomic E-state index is 1.04. The van der Waals surface area contributed by atoms with Crippen molar-refractivity contribution >= 4 is 11.9 Å². The van der Waals surface area contributed by atoms with Crippen molar-refractivity contribution in [3.63, 3.8) is 0 Å². The molecule has 2 heteroatoms. The molecule has 0 bridgehead atoms. The van der Waals surface area contributed by atoms with Crippen LogP contribution in [0.5, 0.6) is 0 Å². The topological polar surface area (TPSA) is 3.24 Å². The minimum Gasteiger partial charge on any atom is -0.253 e. The molecule has 0 saturated carbocycles. The number of nitrogens with zero attached hydrogens (tertiary/aromatic N) is 1. The predicted octanol–water partition coefficient (Wildman–Crippen LogP) is 2.30. The lowest BCUT2D eigenvalue weighted by Crippen LogP contribution is -2.08. The Hall–Kier alpha value is 0.310. The third-order valence-electron chi connectivity index (χ3n) is 1.23. The van der Waals surface area contributed by atoms with E-state index in [1.165, 1.54) is 19.3 Å². The monoisotopic (exact) mass is 144 g/mol. The third kappa shape index (κ3) is 6.19. The number of unbranched alkanes of at least 4 members (excludes halogenated alkanes) is 2. The fraction of sp³-hybridized carbons (Fsp3) is 0.857. The summed E-state index contributed by atoms with van der Waals surface area (Å²) in [5.74, 6) is 0. The molecule has 0 atom stereocenters. The molecule has 53 valence electrons. The van der Waals surface area contributed by atoms with Crippen LogP contribution in [0.2, 0.25) is 0 Å². The van der Waals surface area contributed by atoms with Crippen LogP contribution in [0.3, 0.4) is 0 Å². The van der Waals surface area contributed by atoms with Crippen LogP contribution < -0.4 is 0 Å². The summed E-state index contributed by atoms with van der Waals surface area (Å²) in [6.07, 6.45) is 10.7. The van der Waals surface area contributed by atoms with Crippen molar-refractivity contribution in [3.05, 3.63) is 6.26 Å². The Bertz CT molecular complexity index is 56.9. The van der Waals surface area contributed by atoms with E-state index in [1.54, 1.807) is 0 Å². The standard InChI is InChI=1S/C7H14NS/c1-4-5-6-7-8(2)9-3/h4-7H2,1-2H3. The largest absolute Gasteiger partial charge is 0.253 e. The van der Waals surface area contributed by atoms with Crippen molar-refractivity contribution < 1.29 is 0 Å². The van der Waals surface area contributed by atoms with Crippen molar-refractivity contribution in [3.8, 4) is 0 Å². The van der Waals surface area contributed by atoms with Crippen LogP contribution >= 0.6 is 11.9 Å². The Morgan fingerprint density at radius 1 is 1.44 bits per heavy atom. The molecule has 0 aliphatic heterocycles. The molecular weight excluding hydrogens is 130 g/mol. The fourth-order valence-corrected chi connectivity index (χ4v) is 0.850. The highest BCUT2D eigenvalue weighted by atomic mass is 32.2. The van der Waals surface area contributed by atoms with Gasteiger partial charge in [-0.25, -0.2) is 0 Å². The van der Waals surface area contributed by atoms with Gasteiger partial charge in [0.1, 0.15) is 0 Å². The van der Waals surface area contributed by atoms with Gasteiger partial charge in [0.15, 0.2) is 0 Å². The third-order valence-corrected chi connectivity index (χ3v) is 1.73. The van der Waals surface area contributed by atoms with Gasteiger partial charge in [0.05, 0.1) is 6.26 Å². The van der Waals surface area contributed by atoms with E-state index >= 15 is 0 Å².